The Morgan fingerprint density at radius 2 is 2.11 bits per heavy atom. The van der Waals surface area contributed by atoms with Crippen LogP contribution in [0.1, 0.15) is 45.1 Å². The molecule has 1 amide bonds. The summed E-state index contributed by atoms with van der Waals surface area (Å²) in [5.74, 6) is 0.00686. The minimum Gasteiger partial charge on any atom is -0.361 e. The third kappa shape index (κ3) is 3.62. The Labute approximate surface area is 166 Å². The first-order valence-corrected chi connectivity index (χ1v) is 10.2. The highest BCUT2D eigenvalue weighted by atomic mass is 19.1. The number of likely N-dealkylation sites (tertiary alicyclic amines) is 1. The predicted molar refractivity (Wildman–Crippen MR) is 109 cm³/mol. The smallest absolute Gasteiger partial charge is 0.223 e. The molecule has 2 aliphatic heterocycles. The number of piperidine rings is 1. The molecule has 1 aromatic carbocycles. The van der Waals surface area contributed by atoms with Crippen molar-refractivity contribution in [1.82, 2.24) is 9.88 Å². The largest absolute Gasteiger partial charge is 0.361 e. The summed E-state index contributed by atoms with van der Waals surface area (Å²) >= 11 is 0. The number of pyridine rings is 1. The molecule has 0 bridgehead atoms. The van der Waals surface area contributed by atoms with Crippen molar-refractivity contribution in [2.24, 2.45) is 0 Å². The summed E-state index contributed by atoms with van der Waals surface area (Å²) in [5.41, 5.74) is 1.90. The molecule has 0 unspecified atom stereocenters. The van der Waals surface area contributed by atoms with Crippen molar-refractivity contribution in [1.29, 1.82) is 0 Å². The Morgan fingerprint density at radius 1 is 1.25 bits per heavy atom. The van der Waals surface area contributed by atoms with E-state index in [4.69, 9.17) is 0 Å². The van der Waals surface area contributed by atoms with Crippen molar-refractivity contribution in [3.05, 3.63) is 60.2 Å². The van der Waals surface area contributed by atoms with Crippen LogP contribution < -0.4 is 4.90 Å². The first kappa shape index (κ1) is 18.9. The summed E-state index contributed by atoms with van der Waals surface area (Å²) in [7, 11) is 0. The van der Waals surface area contributed by atoms with Gasteiger partial charge in [-0.2, -0.15) is 0 Å². The molecule has 148 valence electrons. The third-order valence-corrected chi connectivity index (χ3v) is 6.19. The maximum Gasteiger partial charge on any atom is 0.223 e. The SMILES string of the molecule is CC1(C)C[C@H]2[C@H](CCCN2C(=O)CCc2cccnc2)N1c1cccc(F)c1. The number of carbonyl (C=O) groups excluding carboxylic acids is 1. The number of aromatic nitrogens is 1. The number of fused-ring (bicyclic) bond motifs is 1. The zero-order valence-corrected chi connectivity index (χ0v) is 16.6. The van der Waals surface area contributed by atoms with Gasteiger partial charge in [-0.1, -0.05) is 12.1 Å². The molecule has 2 fully saturated rings. The van der Waals surface area contributed by atoms with Crippen LogP contribution in [0.4, 0.5) is 10.1 Å². The Kier molecular flexibility index (Phi) is 5.09. The van der Waals surface area contributed by atoms with E-state index in [1.807, 2.05) is 24.4 Å². The van der Waals surface area contributed by atoms with E-state index in [-0.39, 0.29) is 29.3 Å². The minimum atomic E-state index is -0.211. The van der Waals surface area contributed by atoms with Gasteiger partial charge in [-0.25, -0.2) is 4.39 Å². The number of hydrogen-bond acceptors (Lipinski definition) is 3. The monoisotopic (exact) mass is 381 g/mol. The summed E-state index contributed by atoms with van der Waals surface area (Å²) < 4.78 is 13.9. The number of rotatable bonds is 4. The maximum absolute atomic E-state index is 13.9. The highest BCUT2D eigenvalue weighted by Gasteiger charge is 2.50. The molecule has 2 atom stereocenters. The Hall–Kier alpha value is -2.43. The van der Waals surface area contributed by atoms with Crippen molar-refractivity contribution < 1.29 is 9.18 Å². The van der Waals surface area contributed by atoms with Crippen LogP contribution in [0.25, 0.3) is 0 Å². The average molecular weight is 381 g/mol. The van der Waals surface area contributed by atoms with E-state index >= 15 is 0 Å². The van der Waals surface area contributed by atoms with Gasteiger partial charge in [0.15, 0.2) is 0 Å². The molecule has 0 aliphatic carbocycles. The molecule has 2 aliphatic rings. The first-order valence-electron chi connectivity index (χ1n) is 10.2. The van der Waals surface area contributed by atoms with Crippen molar-refractivity contribution in [3.63, 3.8) is 0 Å². The zero-order chi connectivity index (χ0) is 19.7. The van der Waals surface area contributed by atoms with E-state index in [1.54, 1.807) is 18.3 Å². The minimum absolute atomic E-state index is 0.116. The fourth-order valence-electron chi connectivity index (χ4n) is 5.06. The molecule has 0 spiro atoms. The molecule has 5 heteroatoms. The Bertz CT molecular complexity index is 839. The summed E-state index contributed by atoms with van der Waals surface area (Å²) in [4.78, 5) is 21.6. The van der Waals surface area contributed by atoms with Gasteiger partial charge in [0.1, 0.15) is 5.82 Å². The Morgan fingerprint density at radius 3 is 2.86 bits per heavy atom. The standard InChI is InChI=1S/C23H28FN3O/c1-23(2)15-21-20(27(23)19-8-3-7-18(24)14-19)9-5-13-26(21)22(28)11-10-17-6-4-12-25-16-17/h3-4,6-8,12,14,16,20-21H,5,9-11,13,15H2,1-2H3/t20-,21-/m0/s1. The van der Waals surface area contributed by atoms with Crippen LogP contribution in [-0.4, -0.2) is 40.0 Å². The van der Waals surface area contributed by atoms with Crippen molar-refractivity contribution >= 4 is 11.6 Å². The molecule has 0 saturated carbocycles. The number of halogens is 1. The van der Waals surface area contributed by atoms with Crippen molar-refractivity contribution in [3.8, 4) is 0 Å². The lowest BCUT2D eigenvalue weighted by Gasteiger charge is -2.42. The van der Waals surface area contributed by atoms with Gasteiger partial charge < -0.3 is 9.80 Å². The highest BCUT2D eigenvalue weighted by Crippen LogP contribution is 2.43. The summed E-state index contributed by atoms with van der Waals surface area (Å²) in [5, 5.41) is 0. The van der Waals surface area contributed by atoms with E-state index in [1.165, 1.54) is 6.07 Å². The van der Waals surface area contributed by atoms with Gasteiger partial charge in [-0.05, 0) is 69.4 Å². The molecule has 4 nitrogen and oxygen atoms in total. The second-order valence-corrected chi connectivity index (χ2v) is 8.59. The Balaban J connectivity index is 1.52. The van der Waals surface area contributed by atoms with Gasteiger partial charge in [0.2, 0.25) is 5.91 Å². The third-order valence-electron chi connectivity index (χ3n) is 6.19. The average Bonchev–Trinajstić information content (AvgIpc) is 2.96. The van der Waals surface area contributed by atoms with Gasteiger partial charge in [0, 0.05) is 36.6 Å². The number of hydrogen-bond donors (Lipinski definition) is 0. The normalized spacial score (nSPS) is 23.5. The van der Waals surface area contributed by atoms with Crippen molar-refractivity contribution in [2.75, 3.05) is 11.4 Å². The van der Waals surface area contributed by atoms with Gasteiger partial charge in [-0.15, -0.1) is 0 Å². The number of amides is 1. The van der Waals surface area contributed by atoms with E-state index in [0.29, 0.717) is 6.42 Å². The molecule has 4 rings (SSSR count). The predicted octanol–water partition coefficient (Wildman–Crippen LogP) is 4.20. The topological polar surface area (TPSA) is 36.4 Å². The van der Waals surface area contributed by atoms with E-state index in [9.17, 15) is 9.18 Å². The number of nitrogens with zero attached hydrogens (tertiary/aromatic N) is 3. The molecular weight excluding hydrogens is 353 g/mol. The van der Waals surface area contributed by atoms with Crippen LogP contribution in [0, 0.1) is 5.82 Å². The highest BCUT2D eigenvalue weighted by molar-refractivity contribution is 5.77. The molecule has 28 heavy (non-hydrogen) atoms. The summed E-state index contributed by atoms with van der Waals surface area (Å²) in [6.45, 7) is 5.23. The number of aryl methyl sites for hydroxylation is 1. The van der Waals surface area contributed by atoms with Crippen LogP contribution in [-0.2, 0) is 11.2 Å². The van der Waals surface area contributed by atoms with E-state index in [0.717, 1.165) is 43.5 Å². The molecule has 1 aromatic heterocycles. The molecule has 3 heterocycles. The van der Waals surface area contributed by atoms with Gasteiger partial charge in [0.05, 0.1) is 12.1 Å². The molecular formula is C23H28FN3O. The van der Waals surface area contributed by atoms with E-state index < -0.39 is 0 Å². The molecule has 0 radical (unpaired) electrons. The fraction of sp³-hybridized carbons (Fsp3) is 0.478. The lowest BCUT2D eigenvalue weighted by Crippen LogP contribution is -2.53. The zero-order valence-electron chi connectivity index (χ0n) is 16.6. The second kappa shape index (κ2) is 7.53. The summed E-state index contributed by atoms with van der Waals surface area (Å²) in [6, 6.07) is 11.2. The molecule has 0 N–H and O–H groups in total. The lowest BCUT2D eigenvalue weighted by atomic mass is 9.93. The number of benzene rings is 1. The van der Waals surface area contributed by atoms with Gasteiger partial charge in [0.25, 0.3) is 0 Å². The van der Waals surface area contributed by atoms with Gasteiger partial charge in [-0.3, -0.25) is 9.78 Å². The van der Waals surface area contributed by atoms with Crippen LogP contribution in [0.2, 0.25) is 0 Å². The van der Waals surface area contributed by atoms with Crippen LogP contribution >= 0.6 is 0 Å². The van der Waals surface area contributed by atoms with E-state index in [2.05, 4.69) is 28.6 Å². The van der Waals surface area contributed by atoms with Crippen molar-refractivity contribution in [2.45, 2.75) is 63.6 Å². The second-order valence-electron chi connectivity index (χ2n) is 8.59. The van der Waals surface area contributed by atoms with Crippen LogP contribution in [0.5, 0.6) is 0 Å². The fourth-order valence-corrected chi connectivity index (χ4v) is 5.06. The van der Waals surface area contributed by atoms with Crippen LogP contribution in [0.3, 0.4) is 0 Å². The quantitative estimate of drug-likeness (QED) is 0.796. The first-order chi connectivity index (χ1) is 13.5. The lowest BCUT2D eigenvalue weighted by molar-refractivity contribution is -0.134. The molecule has 2 aromatic rings. The summed E-state index contributed by atoms with van der Waals surface area (Å²) in [6.07, 6.45) is 7.75. The molecule has 2 saturated heterocycles. The maximum atomic E-state index is 13.9. The van der Waals surface area contributed by atoms with Gasteiger partial charge >= 0.3 is 0 Å². The number of carbonyl (C=O) groups is 1. The van der Waals surface area contributed by atoms with Crippen LogP contribution in [0.15, 0.2) is 48.8 Å². The number of anilines is 1.